The van der Waals surface area contributed by atoms with Gasteiger partial charge in [-0.1, -0.05) is 17.7 Å². The van der Waals surface area contributed by atoms with Crippen LogP contribution in [0.15, 0.2) is 23.3 Å². The average molecular weight is 163 g/mol. The van der Waals surface area contributed by atoms with Crippen molar-refractivity contribution in [1.29, 1.82) is 0 Å². The van der Waals surface area contributed by atoms with Gasteiger partial charge in [0.2, 0.25) is 0 Å². The summed E-state index contributed by atoms with van der Waals surface area (Å²) in [5.41, 5.74) is 0. The number of hydrogen-bond donors (Lipinski definition) is 0. The van der Waals surface area contributed by atoms with Crippen molar-refractivity contribution in [2.45, 2.75) is 18.2 Å². The van der Waals surface area contributed by atoms with Crippen LogP contribution in [-0.2, 0) is 0 Å². The fourth-order valence-corrected chi connectivity index (χ4v) is 1.33. The third-order valence-electron chi connectivity index (χ3n) is 1.23. The van der Waals surface area contributed by atoms with E-state index in [1.165, 1.54) is 0 Å². The smallest absolute Gasteiger partial charge is 0.0536 e. The first kappa shape index (κ1) is 7.17. The van der Waals surface area contributed by atoms with Gasteiger partial charge in [0.1, 0.15) is 0 Å². The molecule has 1 aliphatic carbocycles. The molecule has 0 bridgehead atoms. The van der Waals surface area contributed by atoms with Crippen LogP contribution in [0.2, 0.25) is 0 Å². The number of alkyl halides is 1. The number of halogens is 2. The van der Waals surface area contributed by atoms with Gasteiger partial charge in [-0.05, 0) is 25.0 Å². The van der Waals surface area contributed by atoms with E-state index in [1.807, 2.05) is 18.2 Å². The molecule has 1 unspecified atom stereocenters. The van der Waals surface area contributed by atoms with Crippen molar-refractivity contribution in [2.75, 3.05) is 0 Å². The quantitative estimate of drug-likeness (QED) is 0.481. The summed E-state index contributed by atoms with van der Waals surface area (Å²) in [6, 6.07) is 0. The molecule has 0 aromatic carbocycles. The monoisotopic (exact) mass is 162 g/mol. The fraction of sp³-hybridized carbons (Fsp3) is 0.429. The molecule has 0 N–H and O–H groups in total. The van der Waals surface area contributed by atoms with Crippen molar-refractivity contribution in [1.82, 2.24) is 0 Å². The highest BCUT2D eigenvalue weighted by Gasteiger charge is 2.02. The molecule has 0 heterocycles. The van der Waals surface area contributed by atoms with Gasteiger partial charge in [0, 0.05) is 5.03 Å². The Balaban J connectivity index is 2.62. The van der Waals surface area contributed by atoms with Crippen molar-refractivity contribution < 1.29 is 0 Å². The van der Waals surface area contributed by atoms with Crippen LogP contribution in [0.1, 0.15) is 12.8 Å². The minimum Gasteiger partial charge on any atom is -0.118 e. The zero-order chi connectivity index (χ0) is 6.69. The van der Waals surface area contributed by atoms with Gasteiger partial charge in [0.25, 0.3) is 0 Å². The first-order valence-electron chi connectivity index (χ1n) is 2.97. The molecule has 0 aromatic heterocycles. The van der Waals surface area contributed by atoms with Gasteiger partial charge >= 0.3 is 0 Å². The maximum atomic E-state index is 5.82. The third kappa shape index (κ3) is 2.42. The van der Waals surface area contributed by atoms with E-state index in [-0.39, 0.29) is 5.38 Å². The van der Waals surface area contributed by atoms with Crippen LogP contribution >= 0.6 is 23.2 Å². The van der Waals surface area contributed by atoms with Crippen LogP contribution in [0, 0.1) is 0 Å². The Morgan fingerprint density at radius 2 is 2.33 bits per heavy atom. The molecule has 1 aliphatic rings. The summed E-state index contributed by atoms with van der Waals surface area (Å²) < 4.78 is 0. The van der Waals surface area contributed by atoms with E-state index >= 15 is 0 Å². The summed E-state index contributed by atoms with van der Waals surface area (Å²) in [4.78, 5) is 0. The molecule has 1 atom stereocenters. The van der Waals surface area contributed by atoms with Gasteiger partial charge in [-0.25, -0.2) is 0 Å². The molecule has 9 heavy (non-hydrogen) atoms. The predicted molar refractivity (Wildman–Crippen MR) is 42.0 cm³/mol. The molecule has 0 fully saturated rings. The summed E-state index contributed by atoms with van der Waals surface area (Å²) in [5, 5.41) is 0.875. The highest BCUT2D eigenvalue weighted by Crippen LogP contribution is 2.17. The standard InChI is InChI=1S/C7H8Cl2/c8-6-3-1-2-4-7(9)5-6/h1,3,5,7H,2,4H2. The minimum absolute atomic E-state index is 0.118. The van der Waals surface area contributed by atoms with Crippen LogP contribution in [0.25, 0.3) is 0 Å². The first-order chi connectivity index (χ1) is 4.29. The minimum atomic E-state index is 0.118. The van der Waals surface area contributed by atoms with Gasteiger partial charge in [0.05, 0.1) is 5.38 Å². The average Bonchev–Trinajstić information content (AvgIpc) is 1.93. The molecular weight excluding hydrogens is 155 g/mol. The van der Waals surface area contributed by atoms with Gasteiger partial charge in [-0.2, -0.15) is 0 Å². The van der Waals surface area contributed by atoms with Gasteiger partial charge < -0.3 is 0 Å². The Bertz CT molecular complexity index is 147. The Labute approximate surface area is 65.2 Å². The number of rotatable bonds is 0. The topological polar surface area (TPSA) is 0 Å². The van der Waals surface area contributed by atoms with E-state index < -0.39 is 0 Å². The molecule has 0 aliphatic heterocycles. The lowest BCUT2D eigenvalue weighted by Crippen LogP contribution is -1.89. The van der Waals surface area contributed by atoms with Crippen molar-refractivity contribution in [3.05, 3.63) is 23.3 Å². The molecule has 0 saturated carbocycles. The molecule has 1 rings (SSSR count). The summed E-state index contributed by atoms with van der Waals surface area (Å²) in [5.74, 6) is 0. The largest absolute Gasteiger partial charge is 0.118 e. The van der Waals surface area contributed by atoms with Crippen LogP contribution in [0.4, 0.5) is 0 Å². The molecule has 0 saturated heterocycles. The van der Waals surface area contributed by atoms with Crippen LogP contribution < -0.4 is 0 Å². The SMILES string of the molecule is ClC1=CC(Cl)CCC=C1. The molecule has 0 aromatic rings. The van der Waals surface area contributed by atoms with Gasteiger partial charge in [-0.3, -0.25) is 0 Å². The van der Waals surface area contributed by atoms with E-state index in [2.05, 4.69) is 0 Å². The second-order valence-corrected chi connectivity index (χ2v) is 3.04. The Morgan fingerprint density at radius 3 is 3.11 bits per heavy atom. The van der Waals surface area contributed by atoms with Crippen LogP contribution in [0.3, 0.4) is 0 Å². The highest BCUT2D eigenvalue weighted by atomic mass is 35.5. The fourth-order valence-electron chi connectivity index (χ4n) is 0.763. The maximum absolute atomic E-state index is 5.82. The van der Waals surface area contributed by atoms with E-state index in [9.17, 15) is 0 Å². The second-order valence-electron chi connectivity index (χ2n) is 2.05. The molecule has 2 heteroatoms. The normalized spacial score (nSPS) is 27.3. The van der Waals surface area contributed by atoms with Crippen molar-refractivity contribution in [2.24, 2.45) is 0 Å². The third-order valence-corrected chi connectivity index (χ3v) is 1.82. The van der Waals surface area contributed by atoms with Crippen molar-refractivity contribution in [3.63, 3.8) is 0 Å². The summed E-state index contributed by atoms with van der Waals surface area (Å²) in [7, 11) is 0. The molecule has 0 amide bonds. The molecular formula is C7H8Cl2. The van der Waals surface area contributed by atoms with Crippen molar-refractivity contribution in [3.8, 4) is 0 Å². The van der Waals surface area contributed by atoms with Crippen LogP contribution in [-0.4, -0.2) is 5.38 Å². The van der Waals surface area contributed by atoms with E-state index in [1.54, 1.807) is 0 Å². The molecule has 50 valence electrons. The van der Waals surface area contributed by atoms with Gasteiger partial charge in [-0.15, -0.1) is 11.6 Å². The predicted octanol–water partition coefficient (Wildman–Crippen LogP) is 3.07. The van der Waals surface area contributed by atoms with Gasteiger partial charge in [0.15, 0.2) is 0 Å². The zero-order valence-electron chi connectivity index (χ0n) is 4.98. The Kier molecular flexibility index (Phi) is 2.62. The maximum Gasteiger partial charge on any atom is 0.0536 e. The van der Waals surface area contributed by atoms with Crippen LogP contribution in [0.5, 0.6) is 0 Å². The van der Waals surface area contributed by atoms with E-state index in [0.717, 1.165) is 17.9 Å². The highest BCUT2D eigenvalue weighted by molar-refractivity contribution is 6.32. The Hall–Kier alpha value is 0.0600. The number of allylic oxidation sites excluding steroid dienone is 4. The molecule has 0 spiro atoms. The first-order valence-corrected chi connectivity index (χ1v) is 3.78. The lowest BCUT2D eigenvalue weighted by Gasteiger charge is -1.96. The second kappa shape index (κ2) is 3.28. The molecule has 0 radical (unpaired) electrons. The summed E-state index contributed by atoms with van der Waals surface area (Å²) in [6.07, 6.45) is 7.83. The Morgan fingerprint density at radius 1 is 1.56 bits per heavy atom. The molecule has 0 nitrogen and oxygen atoms in total. The van der Waals surface area contributed by atoms with E-state index in [4.69, 9.17) is 23.2 Å². The number of hydrogen-bond acceptors (Lipinski definition) is 0. The van der Waals surface area contributed by atoms with Crippen molar-refractivity contribution >= 4 is 23.2 Å². The lowest BCUT2D eigenvalue weighted by atomic mass is 10.2. The van der Waals surface area contributed by atoms with E-state index in [0.29, 0.717) is 0 Å². The summed E-state index contributed by atoms with van der Waals surface area (Å²) in [6.45, 7) is 0. The zero-order valence-corrected chi connectivity index (χ0v) is 6.49. The lowest BCUT2D eigenvalue weighted by molar-refractivity contribution is 0.882. The summed E-state index contributed by atoms with van der Waals surface area (Å²) >= 11 is 11.5.